The zero-order chi connectivity index (χ0) is 18.0. The van der Waals surface area contributed by atoms with Crippen LogP contribution in [0.2, 0.25) is 5.02 Å². The fourth-order valence-corrected chi connectivity index (χ4v) is 3.46. The molecule has 1 amide bonds. The van der Waals surface area contributed by atoms with Gasteiger partial charge >= 0.3 is 0 Å². The summed E-state index contributed by atoms with van der Waals surface area (Å²) >= 11 is 6.15. The molecule has 1 N–H and O–H groups in total. The molecule has 0 spiro atoms. The zero-order valence-electron chi connectivity index (χ0n) is 14.3. The maximum Gasteiger partial charge on any atom is 0.251 e. The van der Waals surface area contributed by atoms with Crippen LogP contribution in [0.3, 0.4) is 0 Å². The van der Waals surface area contributed by atoms with Gasteiger partial charge in [0, 0.05) is 29.9 Å². The quantitative estimate of drug-likeness (QED) is 0.909. The van der Waals surface area contributed by atoms with Gasteiger partial charge in [-0.05, 0) is 50.6 Å². The van der Waals surface area contributed by atoms with Crippen LogP contribution in [0.25, 0.3) is 0 Å². The highest BCUT2D eigenvalue weighted by Gasteiger charge is 2.30. The van der Waals surface area contributed by atoms with Gasteiger partial charge in [0.05, 0.1) is 10.6 Å². The number of aryl methyl sites for hydroxylation is 1. The Morgan fingerprint density at radius 1 is 1.28 bits per heavy atom. The van der Waals surface area contributed by atoms with Crippen molar-refractivity contribution in [3.63, 3.8) is 0 Å². The second kappa shape index (κ2) is 7.16. The fourth-order valence-electron chi connectivity index (χ4n) is 3.24. The van der Waals surface area contributed by atoms with Gasteiger partial charge < -0.3 is 10.2 Å². The number of hydrogen-bond donors (Lipinski definition) is 1. The van der Waals surface area contributed by atoms with Crippen molar-refractivity contribution in [1.29, 1.82) is 5.26 Å². The molecule has 0 aliphatic carbocycles. The van der Waals surface area contributed by atoms with Crippen molar-refractivity contribution in [1.82, 2.24) is 5.32 Å². The maximum atomic E-state index is 12.4. The van der Waals surface area contributed by atoms with Crippen LogP contribution in [-0.2, 0) is 0 Å². The monoisotopic (exact) mass is 353 g/mol. The number of nitrogens with zero attached hydrogens (tertiary/aromatic N) is 2. The van der Waals surface area contributed by atoms with Crippen LogP contribution >= 0.6 is 11.6 Å². The third-order valence-electron chi connectivity index (χ3n) is 4.63. The van der Waals surface area contributed by atoms with Crippen molar-refractivity contribution in [2.45, 2.75) is 32.4 Å². The highest BCUT2D eigenvalue weighted by atomic mass is 35.5. The van der Waals surface area contributed by atoms with Gasteiger partial charge in [-0.1, -0.05) is 29.3 Å². The Kier molecular flexibility index (Phi) is 4.96. The minimum absolute atomic E-state index is 0.0445. The van der Waals surface area contributed by atoms with E-state index in [0.29, 0.717) is 16.1 Å². The first-order valence-corrected chi connectivity index (χ1v) is 8.69. The Morgan fingerprint density at radius 3 is 2.64 bits per heavy atom. The Bertz CT molecular complexity index is 826. The first-order chi connectivity index (χ1) is 12.0. The number of hydrogen-bond acceptors (Lipinski definition) is 3. The molecule has 1 aliphatic heterocycles. The predicted octanol–water partition coefficient (Wildman–Crippen LogP) is 3.92. The fraction of sp³-hybridized carbons (Fsp3) is 0.300. The number of halogens is 1. The lowest BCUT2D eigenvalue weighted by atomic mass is 10.1. The summed E-state index contributed by atoms with van der Waals surface area (Å²) in [6, 6.07) is 15.5. The normalized spacial score (nSPS) is 19.5. The number of rotatable bonds is 3. The molecule has 1 heterocycles. The van der Waals surface area contributed by atoms with E-state index in [-0.39, 0.29) is 18.0 Å². The average Bonchev–Trinajstić information content (AvgIpc) is 2.95. The zero-order valence-corrected chi connectivity index (χ0v) is 15.0. The van der Waals surface area contributed by atoms with Crippen molar-refractivity contribution in [2.75, 3.05) is 11.4 Å². The molecular weight excluding hydrogens is 334 g/mol. The number of carbonyl (C=O) groups is 1. The van der Waals surface area contributed by atoms with Crippen LogP contribution in [0.1, 0.15) is 34.8 Å². The number of nitrogens with one attached hydrogen (secondary N) is 1. The van der Waals surface area contributed by atoms with E-state index in [9.17, 15) is 4.79 Å². The van der Waals surface area contributed by atoms with E-state index in [2.05, 4.69) is 23.2 Å². The first-order valence-electron chi connectivity index (χ1n) is 8.31. The maximum absolute atomic E-state index is 12.4. The molecule has 1 saturated heterocycles. The summed E-state index contributed by atoms with van der Waals surface area (Å²) in [5.74, 6) is -0.0445. The second-order valence-electron chi connectivity index (χ2n) is 6.55. The average molecular weight is 354 g/mol. The van der Waals surface area contributed by atoms with Crippen LogP contribution in [0.5, 0.6) is 0 Å². The molecule has 0 bridgehead atoms. The van der Waals surface area contributed by atoms with Crippen LogP contribution < -0.4 is 10.2 Å². The van der Waals surface area contributed by atoms with Gasteiger partial charge in [-0.2, -0.15) is 5.26 Å². The molecule has 1 fully saturated rings. The van der Waals surface area contributed by atoms with Crippen molar-refractivity contribution in [3.8, 4) is 6.07 Å². The molecule has 5 heteroatoms. The van der Waals surface area contributed by atoms with Gasteiger partial charge in [0.2, 0.25) is 0 Å². The van der Waals surface area contributed by atoms with E-state index < -0.39 is 0 Å². The van der Waals surface area contributed by atoms with E-state index >= 15 is 0 Å². The topological polar surface area (TPSA) is 56.1 Å². The van der Waals surface area contributed by atoms with Crippen molar-refractivity contribution in [2.24, 2.45) is 0 Å². The second-order valence-corrected chi connectivity index (χ2v) is 6.96. The van der Waals surface area contributed by atoms with Crippen LogP contribution in [0.4, 0.5) is 5.69 Å². The van der Waals surface area contributed by atoms with Gasteiger partial charge in [0.15, 0.2) is 0 Å². The van der Waals surface area contributed by atoms with Crippen LogP contribution in [0, 0.1) is 18.3 Å². The molecule has 0 radical (unpaired) electrons. The Balaban J connectivity index is 1.69. The number of carbonyl (C=O) groups excluding carboxylic acids is 1. The summed E-state index contributed by atoms with van der Waals surface area (Å²) in [5.41, 5.74) is 3.26. The van der Waals surface area contributed by atoms with E-state index in [1.54, 1.807) is 6.07 Å². The van der Waals surface area contributed by atoms with Gasteiger partial charge in [-0.25, -0.2) is 0 Å². The van der Waals surface area contributed by atoms with Crippen molar-refractivity contribution in [3.05, 3.63) is 64.2 Å². The van der Waals surface area contributed by atoms with Gasteiger partial charge in [0.25, 0.3) is 5.91 Å². The third-order valence-corrected chi connectivity index (χ3v) is 4.94. The summed E-state index contributed by atoms with van der Waals surface area (Å²) in [5, 5.41) is 12.6. The molecule has 128 valence electrons. The van der Waals surface area contributed by atoms with Crippen molar-refractivity contribution >= 4 is 23.2 Å². The number of amides is 1. The number of nitriles is 1. The highest BCUT2D eigenvalue weighted by molar-refractivity contribution is 6.32. The van der Waals surface area contributed by atoms with Crippen LogP contribution in [0.15, 0.2) is 42.5 Å². The SMILES string of the molecule is Cc1ccc(C(=O)N[C@@H]2C[C@H](C)N(c3ccc(C#N)c(Cl)c3)C2)cc1. The van der Waals surface area contributed by atoms with Gasteiger partial charge in [-0.15, -0.1) is 0 Å². The lowest BCUT2D eigenvalue weighted by Crippen LogP contribution is -2.37. The Hall–Kier alpha value is -2.51. The summed E-state index contributed by atoms with van der Waals surface area (Å²) in [7, 11) is 0. The van der Waals surface area contributed by atoms with E-state index in [1.807, 2.05) is 43.3 Å². The standard InChI is InChI=1S/C20H20ClN3O/c1-13-3-5-15(6-4-13)20(25)23-17-9-14(2)24(12-17)18-8-7-16(11-22)19(21)10-18/h3-8,10,14,17H,9,12H2,1-2H3,(H,23,25)/t14-,17+/m0/s1. The van der Waals surface area contributed by atoms with Crippen LogP contribution in [-0.4, -0.2) is 24.5 Å². The van der Waals surface area contributed by atoms with Crippen molar-refractivity contribution < 1.29 is 4.79 Å². The number of anilines is 1. The predicted molar refractivity (Wildman–Crippen MR) is 100 cm³/mol. The molecule has 0 unspecified atom stereocenters. The molecule has 25 heavy (non-hydrogen) atoms. The lowest BCUT2D eigenvalue weighted by molar-refractivity contribution is 0.0940. The summed E-state index contributed by atoms with van der Waals surface area (Å²) in [6.45, 7) is 4.85. The summed E-state index contributed by atoms with van der Waals surface area (Å²) in [6.07, 6.45) is 0.870. The molecule has 1 aliphatic rings. The summed E-state index contributed by atoms with van der Waals surface area (Å²) < 4.78 is 0. The summed E-state index contributed by atoms with van der Waals surface area (Å²) in [4.78, 5) is 14.6. The molecule has 0 aromatic heterocycles. The Labute approximate surface area is 153 Å². The molecule has 2 atom stereocenters. The molecular formula is C20H20ClN3O. The van der Waals surface area contributed by atoms with E-state index in [0.717, 1.165) is 24.2 Å². The molecule has 0 saturated carbocycles. The van der Waals surface area contributed by atoms with Gasteiger partial charge in [-0.3, -0.25) is 4.79 Å². The van der Waals surface area contributed by atoms with Gasteiger partial charge in [0.1, 0.15) is 6.07 Å². The first kappa shape index (κ1) is 17.3. The highest BCUT2D eigenvalue weighted by Crippen LogP contribution is 2.29. The molecule has 2 aromatic rings. The molecule has 4 nitrogen and oxygen atoms in total. The molecule has 2 aromatic carbocycles. The van der Waals surface area contributed by atoms with E-state index in [1.165, 1.54) is 0 Å². The minimum atomic E-state index is -0.0445. The van der Waals surface area contributed by atoms with E-state index in [4.69, 9.17) is 16.9 Å². The minimum Gasteiger partial charge on any atom is -0.367 e. The smallest absolute Gasteiger partial charge is 0.251 e. The lowest BCUT2D eigenvalue weighted by Gasteiger charge is -2.24. The largest absolute Gasteiger partial charge is 0.367 e. The molecule has 3 rings (SSSR count). The number of benzene rings is 2. The Morgan fingerprint density at radius 2 is 2.00 bits per heavy atom. The third kappa shape index (κ3) is 3.78.